The molecule has 2 aromatic heterocycles. The van der Waals surface area contributed by atoms with Crippen molar-refractivity contribution in [3.05, 3.63) is 41.0 Å². The maximum atomic E-state index is 14.5. The molecule has 1 aromatic carbocycles. The van der Waals surface area contributed by atoms with Gasteiger partial charge in [0.2, 0.25) is 0 Å². The Hall–Kier alpha value is -2.64. The molecule has 0 fully saturated rings. The molecule has 3 aromatic rings. The molecule has 2 heterocycles. The van der Waals surface area contributed by atoms with Crippen molar-refractivity contribution >= 4 is 5.78 Å². The van der Waals surface area contributed by atoms with Crippen LogP contribution in [0.2, 0.25) is 0 Å². The number of aryl methyl sites for hydroxylation is 1. The van der Waals surface area contributed by atoms with Gasteiger partial charge in [0.25, 0.3) is 5.78 Å². The molecule has 0 aliphatic carbocycles. The van der Waals surface area contributed by atoms with Crippen molar-refractivity contribution in [2.45, 2.75) is 33.6 Å². The lowest BCUT2D eigenvalue weighted by atomic mass is 9.94. The SMILES string of the molecule is CCC(C)Cc1c(-c2c(F)cc(F)cc2F)c(C)nc2nc(OC)nn12. The van der Waals surface area contributed by atoms with Gasteiger partial charge in [-0.3, -0.25) is 0 Å². The Morgan fingerprint density at radius 2 is 1.77 bits per heavy atom. The summed E-state index contributed by atoms with van der Waals surface area (Å²) in [5.41, 5.74) is 0.892. The van der Waals surface area contributed by atoms with Crippen LogP contribution < -0.4 is 4.74 Å². The molecule has 0 spiro atoms. The molecule has 1 unspecified atom stereocenters. The monoisotopic (exact) mass is 364 g/mol. The number of methoxy groups -OCH3 is 1. The molecular weight excluding hydrogens is 345 g/mol. The second kappa shape index (κ2) is 6.93. The van der Waals surface area contributed by atoms with E-state index in [1.54, 1.807) is 6.92 Å². The minimum absolute atomic E-state index is 0.111. The second-order valence-electron chi connectivity index (χ2n) is 6.29. The van der Waals surface area contributed by atoms with Crippen LogP contribution in [0, 0.1) is 30.3 Å². The Balaban J connectivity index is 2.37. The van der Waals surface area contributed by atoms with Crippen molar-refractivity contribution in [2.24, 2.45) is 5.92 Å². The quantitative estimate of drug-likeness (QED) is 0.684. The van der Waals surface area contributed by atoms with Crippen LogP contribution in [0.25, 0.3) is 16.9 Å². The summed E-state index contributed by atoms with van der Waals surface area (Å²) in [7, 11) is 1.43. The standard InChI is InChI=1S/C18H19F3N4O/c1-5-9(2)6-14-15(16-12(20)7-11(19)8-13(16)21)10(3)22-17-23-18(26-4)24-25(14)17/h7-9H,5-6H2,1-4H3. The van der Waals surface area contributed by atoms with Crippen LogP contribution in [0.15, 0.2) is 12.1 Å². The number of hydrogen-bond donors (Lipinski definition) is 0. The van der Waals surface area contributed by atoms with Crippen molar-refractivity contribution in [1.29, 1.82) is 0 Å². The lowest BCUT2D eigenvalue weighted by Crippen LogP contribution is -2.12. The number of hydrogen-bond acceptors (Lipinski definition) is 4. The highest BCUT2D eigenvalue weighted by Gasteiger charge is 2.24. The molecule has 5 nitrogen and oxygen atoms in total. The van der Waals surface area contributed by atoms with Gasteiger partial charge in [-0.15, -0.1) is 5.10 Å². The fourth-order valence-electron chi connectivity index (χ4n) is 2.92. The summed E-state index contributed by atoms with van der Waals surface area (Å²) >= 11 is 0. The van der Waals surface area contributed by atoms with Gasteiger partial charge in [-0.05, 0) is 19.3 Å². The van der Waals surface area contributed by atoms with Crippen molar-refractivity contribution < 1.29 is 17.9 Å². The Labute approximate surface area is 148 Å². The van der Waals surface area contributed by atoms with Gasteiger partial charge >= 0.3 is 6.01 Å². The van der Waals surface area contributed by atoms with Gasteiger partial charge in [-0.25, -0.2) is 18.2 Å². The van der Waals surface area contributed by atoms with Gasteiger partial charge in [-0.1, -0.05) is 20.3 Å². The van der Waals surface area contributed by atoms with E-state index < -0.39 is 17.5 Å². The van der Waals surface area contributed by atoms with Crippen LogP contribution in [0.1, 0.15) is 31.7 Å². The number of benzene rings is 1. The van der Waals surface area contributed by atoms with Gasteiger partial charge in [-0.2, -0.15) is 9.50 Å². The fraction of sp³-hybridized carbons (Fsp3) is 0.389. The van der Waals surface area contributed by atoms with E-state index in [9.17, 15) is 13.2 Å². The molecule has 0 aliphatic heterocycles. The molecule has 0 N–H and O–H groups in total. The first-order valence-electron chi connectivity index (χ1n) is 8.30. The predicted molar refractivity (Wildman–Crippen MR) is 90.5 cm³/mol. The smallest absolute Gasteiger partial charge is 0.337 e. The average Bonchev–Trinajstić information content (AvgIpc) is 2.99. The summed E-state index contributed by atoms with van der Waals surface area (Å²) in [6, 6.07) is 1.44. The minimum Gasteiger partial charge on any atom is -0.466 e. The molecule has 1 atom stereocenters. The van der Waals surface area contributed by atoms with Crippen molar-refractivity contribution in [2.75, 3.05) is 7.11 Å². The zero-order valence-electron chi connectivity index (χ0n) is 15.0. The summed E-state index contributed by atoms with van der Waals surface area (Å²) in [6.45, 7) is 5.69. The van der Waals surface area contributed by atoms with Crippen LogP contribution in [0.3, 0.4) is 0 Å². The van der Waals surface area contributed by atoms with Crippen molar-refractivity contribution in [3.63, 3.8) is 0 Å². The van der Waals surface area contributed by atoms with Gasteiger partial charge in [0.05, 0.1) is 24.1 Å². The first-order valence-corrected chi connectivity index (χ1v) is 8.30. The van der Waals surface area contributed by atoms with Crippen molar-refractivity contribution in [3.8, 4) is 17.1 Å². The van der Waals surface area contributed by atoms with Crippen LogP contribution in [-0.2, 0) is 6.42 Å². The molecule has 0 bridgehead atoms. The third-order valence-corrected chi connectivity index (χ3v) is 4.42. The fourth-order valence-corrected chi connectivity index (χ4v) is 2.92. The van der Waals surface area contributed by atoms with E-state index in [0.717, 1.165) is 6.42 Å². The van der Waals surface area contributed by atoms with Gasteiger partial charge in [0, 0.05) is 17.7 Å². The third-order valence-electron chi connectivity index (χ3n) is 4.42. The molecule has 26 heavy (non-hydrogen) atoms. The first kappa shape index (κ1) is 18.2. The highest BCUT2D eigenvalue weighted by molar-refractivity contribution is 5.71. The first-order chi connectivity index (χ1) is 12.3. The molecule has 0 saturated heterocycles. The summed E-state index contributed by atoms with van der Waals surface area (Å²) in [6.07, 6.45) is 1.36. The van der Waals surface area contributed by atoms with Crippen LogP contribution in [0.5, 0.6) is 6.01 Å². The van der Waals surface area contributed by atoms with Crippen LogP contribution >= 0.6 is 0 Å². The van der Waals surface area contributed by atoms with E-state index in [1.165, 1.54) is 11.6 Å². The third kappa shape index (κ3) is 3.11. The van der Waals surface area contributed by atoms with Gasteiger partial charge in [0.1, 0.15) is 17.5 Å². The van der Waals surface area contributed by atoms with E-state index in [2.05, 4.69) is 15.1 Å². The molecule has 0 amide bonds. The number of fused-ring (bicyclic) bond motifs is 1. The van der Waals surface area contributed by atoms with E-state index >= 15 is 0 Å². The molecule has 0 saturated carbocycles. The van der Waals surface area contributed by atoms with Gasteiger partial charge in [0.15, 0.2) is 0 Å². The highest BCUT2D eigenvalue weighted by Crippen LogP contribution is 2.34. The van der Waals surface area contributed by atoms with E-state index in [0.29, 0.717) is 29.9 Å². The molecule has 0 radical (unpaired) electrons. The predicted octanol–water partition coefficient (Wildman–Crippen LogP) is 4.11. The lowest BCUT2D eigenvalue weighted by Gasteiger charge is -2.17. The summed E-state index contributed by atoms with van der Waals surface area (Å²) < 4.78 is 48.8. The average molecular weight is 364 g/mol. The lowest BCUT2D eigenvalue weighted by molar-refractivity contribution is 0.380. The zero-order chi connectivity index (χ0) is 19.0. The number of aromatic nitrogens is 4. The summed E-state index contributed by atoms with van der Waals surface area (Å²) in [5.74, 6) is -2.43. The highest BCUT2D eigenvalue weighted by atomic mass is 19.1. The molecule has 8 heteroatoms. The summed E-state index contributed by atoms with van der Waals surface area (Å²) in [5, 5.41) is 4.22. The molecule has 0 aliphatic rings. The van der Waals surface area contributed by atoms with Crippen molar-refractivity contribution in [1.82, 2.24) is 19.6 Å². The maximum absolute atomic E-state index is 14.5. The Bertz CT molecular complexity index is 948. The molecular formula is C18H19F3N4O. The molecule has 3 rings (SSSR count). The number of ether oxygens (including phenoxy) is 1. The Morgan fingerprint density at radius 3 is 2.35 bits per heavy atom. The maximum Gasteiger partial charge on any atom is 0.337 e. The topological polar surface area (TPSA) is 52.3 Å². The molecule has 138 valence electrons. The van der Waals surface area contributed by atoms with E-state index in [1.807, 2.05) is 13.8 Å². The normalized spacial score (nSPS) is 12.6. The van der Waals surface area contributed by atoms with Crippen LogP contribution in [0.4, 0.5) is 13.2 Å². The number of rotatable bonds is 5. The number of nitrogens with zero attached hydrogens (tertiary/aromatic N) is 4. The largest absolute Gasteiger partial charge is 0.466 e. The minimum atomic E-state index is -0.982. The summed E-state index contributed by atoms with van der Waals surface area (Å²) in [4.78, 5) is 8.45. The van der Waals surface area contributed by atoms with E-state index in [-0.39, 0.29) is 28.8 Å². The van der Waals surface area contributed by atoms with Crippen LogP contribution in [-0.4, -0.2) is 26.7 Å². The zero-order valence-corrected chi connectivity index (χ0v) is 15.0. The van der Waals surface area contributed by atoms with Gasteiger partial charge < -0.3 is 4.74 Å². The second-order valence-corrected chi connectivity index (χ2v) is 6.29. The Kier molecular flexibility index (Phi) is 4.84. The van der Waals surface area contributed by atoms with E-state index in [4.69, 9.17) is 4.74 Å². The number of halogens is 3. The Morgan fingerprint density at radius 1 is 1.12 bits per heavy atom.